The Labute approximate surface area is 171 Å². The van der Waals surface area contributed by atoms with Gasteiger partial charge in [0.05, 0.1) is 11.3 Å². The van der Waals surface area contributed by atoms with Crippen LogP contribution in [0, 0.1) is 0 Å². The van der Waals surface area contributed by atoms with E-state index in [0.29, 0.717) is 17.8 Å². The summed E-state index contributed by atoms with van der Waals surface area (Å²) in [5, 5.41) is 10.9. The zero-order valence-electron chi connectivity index (χ0n) is 16.9. The number of nitrogens with zero attached hydrogens (tertiary/aromatic N) is 3. The number of amides is 1. The third-order valence-corrected chi connectivity index (χ3v) is 5.32. The monoisotopic (exact) mass is 393 g/mol. The highest BCUT2D eigenvalue weighted by Gasteiger charge is 2.46. The van der Waals surface area contributed by atoms with Crippen LogP contribution in [0.25, 0.3) is 5.76 Å². The number of benzene rings is 1. The van der Waals surface area contributed by atoms with Crippen molar-refractivity contribution in [1.29, 1.82) is 0 Å². The molecule has 1 atom stereocenters. The molecule has 2 aromatic rings. The second kappa shape index (κ2) is 9.47. The van der Waals surface area contributed by atoms with Gasteiger partial charge in [0.1, 0.15) is 11.8 Å². The van der Waals surface area contributed by atoms with Gasteiger partial charge < -0.3 is 14.9 Å². The smallest absolute Gasteiger partial charge is 0.295 e. The Morgan fingerprint density at radius 1 is 1.07 bits per heavy atom. The van der Waals surface area contributed by atoms with E-state index < -0.39 is 17.7 Å². The number of carbonyl (C=O) groups excluding carboxylic acids is 2. The molecule has 1 saturated heterocycles. The number of likely N-dealkylation sites (tertiary alicyclic amines) is 1. The van der Waals surface area contributed by atoms with Gasteiger partial charge in [0.15, 0.2) is 0 Å². The molecule has 6 heteroatoms. The van der Waals surface area contributed by atoms with Crippen molar-refractivity contribution in [3.05, 3.63) is 71.6 Å². The summed E-state index contributed by atoms with van der Waals surface area (Å²) in [5.41, 5.74) is 1.18. The highest BCUT2D eigenvalue weighted by molar-refractivity contribution is 6.46. The quantitative estimate of drug-likeness (QED) is 0.423. The molecule has 1 aromatic carbocycles. The highest BCUT2D eigenvalue weighted by Crippen LogP contribution is 2.38. The fourth-order valence-corrected chi connectivity index (χ4v) is 3.71. The number of Topliss-reactive ketones (excluding diaryl/α,β-unsaturated/α-hetero) is 1. The minimum absolute atomic E-state index is 0.0998. The first-order chi connectivity index (χ1) is 14.1. The molecule has 1 N–H and O–H groups in total. The fraction of sp³-hybridized carbons (Fsp3) is 0.348. The molecule has 0 aliphatic carbocycles. The minimum atomic E-state index is -0.687. The number of hydrogen-bond acceptors (Lipinski definition) is 5. The van der Waals surface area contributed by atoms with E-state index >= 15 is 0 Å². The van der Waals surface area contributed by atoms with E-state index in [4.69, 9.17) is 0 Å². The molecule has 152 valence electrons. The van der Waals surface area contributed by atoms with Crippen molar-refractivity contribution in [2.24, 2.45) is 0 Å². The first-order valence-corrected chi connectivity index (χ1v) is 10.1. The van der Waals surface area contributed by atoms with Crippen molar-refractivity contribution >= 4 is 17.4 Å². The molecule has 0 radical (unpaired) electrons. The molecule has 1 fully saturated rings. The van der Waals surface area contributed by atoms with Crippen LogP contribution in [-0.4, -0.2) is 57.8 Å². The van der Waals surface area contributed by atoms with Gasteiger partial charge in [-0.2, -0.15) is 0 Å². The average molecular weight is 393 g/mol. The Bertz CT molecular complexity index is 877. The lowest BCUT2D eigenvalue weighted by Gasteiger charge is -2.26. The van der Waals surface area contributed by atoms with Crippen LogP contribution in [0.5, 0.6) is 0 Å². The summed E-state index contributed by atoms with van der Waals surface area (Å²) in [7, 11) is 0. The molecule has 1 aromatic heterocycles. The van der Waals surface area contributed by atoms with Crippen molar-refractivity contribution in [2.45, 2.75) is 26.3 Å². The van der Waals surface area contributed by atoms with Crippen LogP contribution in [0.1, 0.15) is 37.6 Å². The van der Waals surface area contributed by atoms with Gasteiger partial charge >= 0.3 is 0 Å². The lowest BCUT2D eigenvalue weighted by molar-refractivity contribution is -0.140. The van der Waals surface area contributed by atoms with Gasteiger partial charge in [0, 0.05) is 18.3 Å². The van der Waals surface area contributed by atoms with Crippen molar-refractivity contribution < 1.29 is 14.7 Å². The predicted octanol–water partition coefficient (Wildman–Crippen LogP) is 3.24. The molecule has 0 spiro atoms. The number of rotatable bonds is 8. The summed E-state index contributed by atoms with van der Waals surface area (Å²) in [4.78, 5) is 33.9. The van der Waals surface area contributed by atoms with Crippen LogP contribution in [0.4, 0.5) is 0 Å². The number of aromatic nitrogens is 1. The molecule has 1 aliphatic rings. The third kappa shape index (κ3) is 4.38. The van der Waals surface area contributed by atoms with Crippen LogP contribution in [0.3, 0.4) is 0 Å². The largest absolute Gasteiger partial charge is 0.507 e. The molecule has 29 heavy (non-hydrogen) atoms. The van der Waals surface area contributed by atoms with Gasteiger partial charge in [-0.3, -0.25) is 14.6 Å². The average Bonchev–Trinajstić information content (AvgIpc) is 3.02. The Kier molecular flexibility index (Phi) is 6.77. The van der Waals surface area contributed by atoms with Gasteiger partial charge in [0.2, 0.25) is 0 Å². The summed E-state index contributed by atoms with van der Waals surface area (Å²) < 4.78 is 0. The molecule has 2 heterocycles. The summed E-state index contributed by atoms with van der Waals surface area (Å²) in [6.07, 6.45) is 2.37. The van der Waals surface area contributed by atoms with Gasteiger partial charge in [-0.25, -0.2) is 0 Å². The molecule has 1 amide bonds. The Balaban J connectivity index is 1.98. The SMILES string of the molecule is CCN(CC)CCCN1C(=O)C(=O)/C(=C(/O)c2ccccc2)[C@H]1c1ccccn1. The lowest BCUT2D eigenvalue weighted by Crippen LogP contribution is -2.33. The summed E-state index contributed by atoms with van der Waals surface area (Å²) in [6, 6.07) is 13.5. The zero-order chi connectivity index (χ0) is 20.8. The van der Waals surface area contributed by atoms with Crippen LogP contribution in [0.2, 0.25) is 0 Å². The minimum Gasteiger partial charge on any atom is -0.507 e. The molecule has 6 nitrogen and oxygen atoms in total. The molecular weight excluding hydrogens is 366 g/mol. The van der Waals surface area contributed by atoms with Crippen molar-refractivity contribution in [3.63, 3.8) is 0 Å². The summed E-state index contributed by atoms with van der Waals surface area (Å²) >= 11 is 0. The van der Waals surface area contributed by atoms with E-state index in [-0.39, 0.29) is 11.3 Å². The Morgan fingerprint density at radius 3 is 2.38 bits per heavy atom. The van der Waals surface area contributed by atoms with Crippen LogP contribution < -0.4 is 0 Å². The maximum atomic E-state index is 12.9. The first-order valence-electron chi connectivity index (χ1n) is 10.1. The molecule has 3 rings (SSSR count). The highest BCUT2D eigenvalue weighted by atomic mass is 16.3. The van der Waals surface area contributed by atoms with Crippen LogP contribution in [-0.2, 0) is 9.59 Å². The number of pyridine rings is 1. The Hall–Kier alpha value is -2.99. The standard InChI is InChI=1S/C23H27N3O3/c1-3-25(4-2)15-10-16-26-20(18-13-8-9-14-24-18)19(22(28)23(26)29)21(27)17-11-6-5-7-12-17/h5-9,11-14,20,27H,3-4,10,15-16H2,1-2H3/b21-19+/t20-/m1/s1. The summed E-state index contributed by atoms with van der Waals surface area (Å²) in [5.74, 6) is -1.41. The topological polar surface area (TPSA) is 73.7 Å². The maximum Gasteiger partial charge on any atom is 0.295 e. The number of ketones is 1. The number of carbonyl (C=O) groups is 2. The van der Waals surface area contributed by atoms with Crippen molar-refractivity contribution in [2.75, 3.05) is 26.2 Å². The second-order valence-electron chi connectivity index (χ2n) is 6.99. The fourth-order valence-electron chi connectivity index (χ4n) is 3.71. The Morgan fingerprint density at radius 2 is 1.76 bits per heavy atom. The van der Waals surface area contributed by atoms with Crippen molar-refractivity contribution in [1.82, 2.24) is 14.8 Å². The number of aliphatic hydroxyl groups is 1. The second-order valence-corrected chi connectivity index (χ2v) is 6.99. The molecular formula is C23H27N3O3. The van der Waals surface area contributed by atoms with Crippen LogP contribution >= 0.6 is 0 Å². The van der Waals surface area contributed by atoms with Gasteiger partial charge in [-0.15, -0.1) is 0 Å². The van der Waals surface area contributed by atoms with Gasteiger partial charge in [0.25, 0.3) is 11.7 Å². The number of hydrogen-bond donors (Lipinski definition) is 1. The molecule has 0 saturated carbocycles. The molecule has 0 bridgehead atoms. The van der Waals surface area contributed by atoms with Gasteiger partial charge in [-0.1, -0.05) is 50.2 Å². The van der Waals surface area contributed by atoms with Gasteiger partial charge in [-0.05, 0) is 38.2 Å². The van der Waals surface area contributed by atoms with Crippen molar-refractivity contribution in [3.8, 4) is 0 Å². The van der Waals surface area contributed by atoms with E-state index in [2.05, 4.69) is 23.7 Å². The van der Waals surface area contributed by atoms with E-state index in [1.807, 2.05) is 12.1 Å². The van der Waals surface area contributed by atoms with E-state index in [9.17, 15) is 14.7 Å². The van der Waals surface area contributed by atoms with E-state index in [0.717, 1.165) is 26.1 Å². The zero-order valence-corrected chi connectivity index (χ0v) is 16.9. The van der Waals surface area contributed by atoms with E-state index in [1.165, 1.54) is 0 Å². The molecule has 0 unspecified atom stereocenters. The van der Waals surface area contributed by atoms with E-state index in [1.54, 1.807) is 47.5 Å². The maximum absolute atomic E-state index is 12.9. The number of aliphatic hydroxyl groups excluding tert-OH is 1. The first kappa shape index (κ1) is 20.7. The lowest BCUT2D eigenvalue weighted by atomic mass is 9.98. The van der Waals surface area contributed by atoms with Crippen LogP contribution in [0.15, 0.2) is 60.3 Å². The molecule has 1 aliphatic heterocycles. The predicted molar refractivity (Wildman–Crippen MR) is 112 cm³/mol. The normalized spacial score (nSPS) is 18.6. The summed E-state index contributed by atoms with van der Waals surface area (Å²) in [6.45, 7) is 7.34. The third-order valence-electron chi connectivity index (χ3n) is 5.32.